The van der Waals surface area contributed by atoms with E-state index in [-0.39, 0.29) is 5.91 Å². The molecule has 4 aromatic rings. The van der Waals surface area contributed by atoms with Gasteiger partial charge in [-0.05, 0) is 30.5 Å². The zero-order chi connectivity index (χ0) is 21.1. The van der Waals surface area contributed by atoms with E-state index in [0.29, 0.717) is 28.1 Å². The number of hydrogen-bond donors (Lipinski definition) is 1. The molecular weight excluding hydrogens is 420 g/mol. The molecule has 0 fully saturated rings. The van der Waals surface area contributed by atoms with Crippen molar-refractivity contribution in [3.63, 3.8) is 0 Å². The number of carbonyl (C=O) groups is 1. The Bertz CT molecular complexity index is 1180. The van der Waals surface area contributed by atoms with Crippen molar-refractivity contribution < 1.29 is 14.3 Å². The summed E-state index contributed by atoms with van der Waals surface area (Å²) in [6.45, 7) is 2.34. The van der Waals surface area contributed by atoms with Gasteiger partial charge in [0.05, 0.1) is 23.9 Å². The highest BCUT2D eigenvalue weighted by molar-refractivity contribution is 7.14. The smallest absolute Gasteiger partial charge is 0.267 e. The number of para-hydroxylation sites is 2. The Morgan fingerprint density at radius 2 is 2.00 bits per heavy atom. The zero-order valence-electron chi connectivity index (χ0n) is 16.7. The molecule has 1 aromatic carbocycles. The predicted molar refractivity (Wildman–Crippen MR) is 119 cm³/mol. The van der Waals surface area contributed by atoms with Crippen molar-refractivity contribution in [2.24, 2.45) is 7.05 Å². The maximum atomic E-state index is 12.6. The average Bonchev–Trinajstić information content (AvgIpc) is 3.48. The summed E-state index contributed by atoms with van der Waals surface area (Å²) in [6.07, 6.45) is 1.78. The van der Waals surface area contributed by atoms with Crippen LogP contribution in [0.15, 0.2) is 47.3 Å². The minimum atomic E-state index is -0.188. The summed E-state index contributed by atoms with van der Waals surface area (Å²) in [4.78, 5) is 17.7. The first-order valence-corrected chi connectivity index (χ1v) is 10.9. The summed E-state index contributed by atoms with van der Waals surface area (Å²) >= 11 is 2.76. The number of hydrogen-bond acceptors (Lipinski definition) is 7. The van der Waals surface area contributed by atoms with E-state index in [1.165, 1.54) is 22.7 Å². The van der Waals surface area contributed by atoms with E-state index in [2.05, 4.69) is 15.4 Å². The van der Waals surface area contributed by atoms with E-state index in [1.807, 2.05) is 55.1 Å². The van der Waals surface area contributed by atoms with Crippen LogP contribution >= 0.6 is 22.7 Å². The molecule has 0 saturated heterocycles. The lowest BCUT2D eigenvalue weighted by Gasteiger charge is -2.09. The topological polar surface area (TPSA) is 78.3 Å². The van der Waals surface area contributed by atoms with Gasteiger partial charge in [0.15, 0.2) is 16.6 Å². The number of anilines is 1. The number of benzene rings is 1. The summed E-state index contributed by atoms with van der Waals surface area (Å²) in [5, 5.41) is 11.5. The highest BCUT2D eigenvalue weighted by Gasteiger charge is 2.15. The number of thiazole rings is 1. The number of methoxy groups -OCH3 is 1. The number of thiophene rings is 1. The standard InChI is InChI=1S/C21H20N4O3S2/c1-13-15(9-22-25(13)2)16-12-30-21(23-16)24-20(26)19-8-14(11-29-19)10-28-18-7-5-4-6-17(18)27-3/h4-9,11-12H,10H2,1-3H3,(H,23,24,26). The third-order valence-corrected chi connectivity index (χ3v) is 6.31. The van der Waals surface area contributed by atoms with Gasteiger partial charge in [-0.3, -0.25) is 14.8 Å². The van der Waals surface area contributed by atoms with Gasteiger partial charge in [0, 0.05) is 29.2 Å². The third kappa shape index (κ3) is 4.22. The third-order valence-electron chi connectivity index (χ3n) is 4.58. The van der Waals surface area contributed by atoms with E-state index < -0.39 is 0 Å². The molecule has 0 aliphatic rings. The largest absolute Gasteiger partial charge is 0.493 e. The number of aryl methyl sites for hydroxylation is 1. The molecule has 0 atom stereocenters. The quantitative estimate of drug-likeness (QED) is 0.449. The van der Waals surface area contributed by atoms with Gasteiger partial charge in [0.1, 0.15) is 6.61 Å². The van der Waals surface area contributed by atoms with Gasteiger partial charge < -0.3 is 9.47 Å². The molecule has 154 valence electrons. The minimum Gasteiger partial charge on any atom is -0.493 e. The molecule has 4 rings (SSSR count). The molecule has 0 radical (unpaired) electrons. The summed E-state index contributed by atoms with van der Waals surface area (Å²) < 4.78 is 12.9. The highest BCUT2D eigenvalue weighted by atomic mass is 32.1. The fraction of sp³-hybridized carbons (Fsp3) is 0.190. The SMILES string of the molecule is COc1ccccc1OCc1csc(C(=O)Nc2nc(-c3cnn(C)c3C)cs2)c1. The molecule has 9 heteroatoms. The lowest BCUT2D eigenvalue weighted by Crippen LogP contribution is -2.09. The fourth-order valence-electron chi connectivity index (χ4n) is 2.83. The lowest BCUT2D eigenvalue weighted by atomic mass is 10.2. The molecule has 0 bridgehead atoms. The predicted octanol–water partition coefficient (Wildman–Crippen LogP) is 4.75. The maximum Gasteiger partial charge on any atom is 0.267 e. The molecule has 0 aliphatic carbocycles. The monoisotopic (exact) mass is 440 g/mol. The molecule has 0 spiro atoms. The fourth-order valence-corrected chi connectivity index (χ4v) is 4.33. The van der Waals surface area contributed by atoms with Crippen molar-refractivity contribution in [3.05, 3.63) is 63.4 Å². The van der Waals surface area contributed by atoms with Crippen LogP contribution < -0.4 is 14.8 Å². The summed E-state index contributed by atoms with van der Waals surface area (Å²) in [5.41, 5.74) is 3.71. The van der Waals surface area contributed by atoms with Crippen LogP contribution in [0.25, 0.3) is 11.3 Å². The van der Waals surface area contributed by atoms with E-state index in [9.17, 15) is 4.79 Å². The lowest BCUT2D eigenvalue weighted by molar-refractivity contribution is 0.103. The van der Waals surface area contributed by atoms with Gasteiger partial charge >= 0.3 is 0 Å². The number of amides is 1. The molecule has 0 unspecified atom stereocenters. The van der Waals surface area contributed by atoms with Gasteiger partial charge in [0.25, 0.3) is 5.91 Å². The number of rotatable bonds is 7. The van der Waals surface area contributed by atoms with Crippen LogP contribution in [-0.2, 0) is 13.7 Å². The van der Waals surface area contributed by atoms with Crippen molar-refractivity contribution in [2.45, 2.75) is 13.5 Å². The second-order valence-electron chi connectivity index (χ2n) is 6.52. The van der Waals surface area contributed by atoms with E-state index in [4.69, 9.17) is 9.47 Å². The average molecular weight is 441 g/mol. The van der Waals surface area contributed by atoms with Gasteiger partial charge in [-0.1, -0.05) is 12.1 Å². The maximum absolute atomic E-state index is 12.6. The van der Waals surface area contributed by atoms with Crippen LogP contribution in [0, 0.1) is 6.92 Å². The van der Waals surface area contributed by atoms with Crippen LogP contribution in [0.2, 0.25) is 0 Å². The second-order valence-corrected chi connectivity index (χ2v) is 8.29. The Labute approximate surface area is 181 Å². The molecular formula is C21H20N4O3S2. The Hall–Kier alpha value is -3.17. The Morgan fingerprint density at radius 3 is 2.73 bits per heavy atom. The van der Waals surface area contributed by atoms with Crippen molar-refractivity contribution in [1.29, 1.82) is 0 Å². The van der Waals surface area contributed by atoms with Crippen LogP contribution in [0.3, 0.4) is 0 Å². The normalized spacial score (nSPS) is 10.8. The van der Waals surface area contributed by atoms with Gasteiger partial charge in [0.2, 0.25) is 0 Å². The highest BCUT2D eigenvalue weighted by Crippen LogP contribution is 2.29. The summed E-state index contributed by atoms with van der Waals surface area (Å²) in [5.74, 6) is 1.15. The van der Waals surface area contributed by atoms with Crippen molar-refractivity contribution in [2.75, 3.05) is 12.4 Å². The summed E-state index contributed by atoms with van der Waals surface area (Å²) in [6, 6.07) is 9.30. The van der Waals surface area contributed by atoms with Gasteiger partial charge in [-0.15, -0.1) is 22.7 Å². The first-order valence-electron chi connectivity index (χ1n) is 9.14. The zero-order valence-corrected chi connectivity index (χ0v) is 18.3. The molecule has 3 aromatic heterocycles. The van der Waals surface area contributed by atoms with E-state index in [1.54, 1.807) is 18.0 Å². The van der Waals surface area contributed by atoms with Crippen molar-refractivity contribution in [3.8, 4) is 22.8 Å². The number of nitrogens with one attached hydrogen (secondary N) is 1. The second kappa shape index (κ2) is 8.68. The number of nitrogens with zero attached hydrogens (tertiary/aromatic N) is 3. The van der Waals surface area contributed by atoms with E-state index in [0.717, 1.165) is 22.5 Å². The molecule has 0 saturated carbocycles. The number of aromatic nitrogens is 3. The van der Waals surface area contributed by atoms with E-state index >= 15 is 0 Å². The Morgan fingerprint density at radius 1 is 1.20 bits per heavy atom. The van der Waals surface area contributed by atoms with Gasteiger partial charge in [-0.25, -0.2) is 4.98 Å². The first-order chi connectivity index (χ1) is 14.5. The summed E-state index contributed by atoms with van der Waals surface area (Å²) in [7, 11) is 3.49. The molecule has 1 N–H and O–H groups in total. The molecule has 1 amide bonds. The van der Waals surface area contributed by atoms with Crippen molar-refractivity contribution in [1.82, 2.24) is 14.8 Å². The molecule has 7 nitrogen and oxygen atoms in total. The van der Waals surface area contributed by atoms with Crippen LogP contribution in [-0.4, -0.2) is 27.8 Å². The number of ether oxygens (including phenoxy) is 2. The van der Waals surface area contributed by atoms with Crippen LogP contribution in [0.1, 0.15) is 20.9 Å². The molecule has 3 heterocycles. The Kier molecular flexibility index (Phi) is 5.82. The number of carbonyl (C=O) groups excluding carboxylic acids is 1. The molecule has 30 heavy (non-hydrogen) atoms. The van der Waals surface area contributed by atoms with Crippen molar-refractivity contribution >= 4 is 33.7 Å². The first kappa shape index (κ1) is 20.1. The van der Waals surface area contributed by atoms with Crippen LogP contribution in [0.5, 0.6) is 11.5 Å². The Balaban J connectivity index is 1.39. The molecule has 0 aliphatic heterocycles. The van der Waals surface area contributed by atoms with Crippen LogP contribution in [0.4, 0.5) is 5.13 Å². The minimum absolute atomic E-state index is 0.188. The van der Waals surface area contributed by atoms with Gasteiger partial charge in [-0.2, -0.15) is 5.10 Å².